The molecule has 0 aliphatic carbocycles. The third-order valence-electron chi connectivity index (χ3n) is 8.71. The molecule has 11 heteroatoms. The number of hydrogen-bond acceptors (Lipinski definition) is 9. The first-order chi connectivity index (χ1) is 22.6. The number of nitriles is 1. The summed E-state index contributed by atoms with van der Waals surface area (Å²) in [6, 6.07) is 15.0. The zero-order valence-corrected chi connectivity index (χ0v) is 28.2. The number of nitrogens with zero attached hydrogens (tertiary/aromatic N) is 6. The van der Waals surface area contributed by atoms with Crippen molar-refractivity contribution in [1.82, 2.24) is 24.8 Å². The van der Waals surface area contributed by atoms with Gasteiger partial charge in [0.15, 0.2) is 5.78 Å². The van der Waals surface area contributed by atoms with E-state index < -0.39 is 5.60 Å². The molecule has 0 bridgehead atoms. The molecule has 2 aliphatic heterocycles. The highest BCUT2D eigenvalue weighted by atomic mass is 35.5. The van der Waals surface area contributed by atoms with E-state index in [1.54, 1.807) is 19.4 Å². The number of Topliss-reactive ketones (excluding diaryl/α,β-unsaturated/α-hetero) is 1. The van der Waals surface area contributed by atoms with E-state index in [0.29, 0.717) is 81.3 Å². The number of rotatable bonds is 10. The van der Waals surface area contributed by atoms with Crippen LogP contribution in [0.3, 0.4) is 0 Å². The Hall–Kier alpha value is -3.91. The maximum absolute atomic E-state index is 13.6. The molecule has 0 saturated carbocycles. The fourth-order valence-corrected chi connectivity index (χ4v) is 7.13. The van der Waals surface area contributed by atoms with Crippen LogP contribution < -0.4 is 4.74 Å². The number of aromatic nitrogens is 3. The van der Waals surface area contributed by atoms with Gasteiger partial charge in [-0.25, -0.2) is 9.97 Å². The van der Waals surface area contributed by atoms with Crippen LogP contribution in [0.2, 0.25) is 10.0 Å². The van der Waals surface area contributed by atoms with E-state index in [-0.39, 0.29) is 17.9 Å². The van der Waals surface area contributed by atoms with Crippen molar-refractivity contribution in [3.05, 3.63) is 92.5 Å². The molecular weight excluding hydrogens is 635 g/mol. The van der Waals surface area contributed by atoms with Gasteiger partial charge in [-0.05, 0) is 43.5 Å². The predicted molar refractivity (Wildman–Crippen MR) is 182 cm³/mol. The van der Waals surface area contributed by atoms with Crippen LogP contribution >= 0.6 is 23.2 Å². The fourth-order valence-electron chi connectivity index (χ4n) is 6.51. The van der Waals surface area contributed by atoms with Gasteiger partial charge in [0.2, 0.25) is 5.88 Å². The number of benzene rings is 2. The van der Waals surface area contributed by atoms with Crippen LogP contribution in [-0.2, 0) is 25.9 Å². The van der Waals surface area contributed by atoms with E-state index in [1.807, 2.05) is 43.3 Å². The minimum atomic E-state index is -0.685. The number of carbonyl (C=O) groups is 1. The Morgan fingerprint density at radius 3 is 2.51 bits per heavy atom. The molecule has 1 fully saturated rings. The average Bonchev–Trinajstić information content (AvgIpc) is 3.05. The number of methoxy groups -OCH3 is 1. The van der Waals surface area contributed by atoms with Gasteiger partial charge < -0.3 is 9.84 Å². The number of fused-ring (bicyclic) bond motifs is 1. The van der Waals surface area contributed by atoms with Crippen molar-refractivity contribution in [2.24, 2.45) is 0 Å². The molecule has 9 nitrogen and oxygen atoms in total. The molecule has 4 heterocycles. The first-order valence-corrected chi connectivity index (χ1v) is 16.5. The molecule has 0 amide bonds. The van der Waals surface area contributed by atoms with Crippen molar-refractivity contribution in [3.63, 3.8) is 0 Å². The molecule has 1 saturated heterocycles. The Labute approximate surface area is 284 Å². The maximum Gasteiger partial charge on any atom is 0.237 e. The molecule has 47 heavy (non-hydrogen) atoms. The SMILES string of the molecule is CCCN1CCc2c(C#N)cc(C(=O)Cc3cccc(-c4cccc(-c5cnc(CN6CC(C)(O)C6)c(OC)n5)c4Cl)c3Cl)nc2C1. The highest BCUT2D eigenvalue weighted by Crippen LogP contribution is 2.40. The second kappa shape index (κ2) is 13.7. The van der Waals surface area contributed by atoms with Crippen LogP contribution in [0, 0.1) is 11.3 Å². The Morgan fingerprint density at radius 1 is 1.09 bits per heavy atom. The van der Waals surface area contributed by atoms with Gasteiger partial charge in [-0.3, -0.25) is 19.6 Å². The Morgan fingerprint density at radius 2 is 1.81 bits per heavy atom. The van der Waals surface area contributed by atoms with Crippen LogP contribution in [-0.4, -0.2) is 74.5 Å². The lowest BCUT2D eigenvalue weighted by Crippen LogP contribution is -2.59. The van der Waals surface area contributed by atoms with Crippen molar-refractivity contribution in [2.75, 3.05) is 33.3 Å². The molecule has 0 unspecified atom stereocenters. The van der Waals surface area contributed by atoms with E-state index >= 15 is 0 Å². The second-order valence-electron chi connectivity index (χ2n) is 12.5. The van der Waals surface area contributed by atoms with Gasteiger partial charge in [0.25, 0.3) is 0 Å². The summed E-state index contributed by atoms with van der Waals surface area (Å²) in [7, 11) is 1.55. The first kappa shape index (κ1) is 33.0. The molecule has 1 N–H and O–H groups in total. The highest BCUT2D eigenvalue weighted by Gasteiger charge is 2.37. The summed E-state index contributed by atoms with van der Waals surface area (Å²) in [6.07, 6.45) is 3.47. The van der Waals surface area contributed by atoms with E-state index in [0.717, 1.165) is 37.2 Å². The lowest BCUT2D eigenvalue weighted by atomic mass is 9.95. The largest absolute Gasteiger partial charge is 0.480 e. The number of ketones is 1. The monoisotopic (exact) mass is 670 g/mol. The first-order valence-electron chi connectivity index (χ1n) is 15.7. The third kappa shape index (κ3) is 6.89. The van der Waals surface area contributed by atoms with Crippen LogP contribution in [0.5, 0.6) is 5.88 Å². The smallest absolute Gasteiger partial charge is 0.237 e. The minimum Gasteiger partial charge on any atom is -0.480 e. The van der Waals surface area contributed by atoms with Crippen molar-refractivity contribution in [3.8, 4) is 34.3 Å². The van der Waals surface area contributed by atoms with Crippen molar-refractivity contribution >= 4 is 29.0 Å². The van der Waals surface area contributed by atoms with Gasteiger partial charge in [0.05, 0.1) is 52.0 Å². The van der Waals surface area contributed by atoms with E-state index in [2.05, 4.69) is 27.8 Å². The van der Waals surface area contributed by atoms with E-state index in [4.69, 9.17) is 37.9 Å². The zero-order chi connectivity index (χ0) is 33.3. The number of pyridine rings is 1. The summed E-state index contributed by atoms with van der Waals surface area (Å²) < 4.78 is 5.57. The number of hydrogen-bond donors (Lipinski definition) is 1. The van der Waals surface area contributed by atoms with Crippen molar-refractivity contribution in [2.45, 2.75) is 51.8 Å². The number of aliphatic hydroxyl groups is 1. The lowest BCUT2D eigenvalue weighted by molar-refractivity contribution is -0.0878. The van der Waals surface area contributed by atoms with Gasteiger partial charge in [0.1, 0.15) is 11.4 Å². The van der Waals surface area contributed by atoms with Gasteiger partial charge >= 0.3 is 0 Å². The van der Waals surface area contributed by atoms with Crippen LogP contribution in [0.4, 0.5) is 0 Å². The van der Waals surface area contributed by atoms with Gasteiger partial charge in [-0.2, -0.15) is 5.26 Å². The quantitative estimate of drug-likeness (QED) is 0.198. The van der Waals surface area contributed by atoms with Gasteiger partial charge in [-0.1, -0.05) is 66.5 Å². The fraction of sp³-hybridized carbons (Fsp3) is 0.361. The second-order valence-corrected chi connectivity index (χ2v) is 13.3. The molecule has 4 aromatic rings. The molecular formula is C36H36Cl2N6O3. The minimum absolute atomic E-state index is 0.0237. The Kier molecular flexibility index (Phi) is 9.60. The molecule has 242 valence electrons. The van der Waals surface area contributed by atoms with Gasteiger partial charge in [0, 0.05) is 55.8 Å². The summed E-state index contributed by atoms with van der Waals surface area (Å²) in [6.45, 7) is 8.03. The molecule has 0 spiro atoms. The van der Waals surface area contributed by atoms with E-state index in [1.165, 1.54) is 0 Å². The molecule has 2 aliphatic rings. The third-order valence-corrected chi connectivity index (χ3v) is 9.56. The summed E-state index contributed by atoms with van der Waals surface area (Å²) in [5.41, 5.74) is 5.72. The van der Waals surface area contributed by atoms with Gasteiger partial charge in [-0.15, -0.1) is 0 Å². The van der Waals surface area contributed by atoms with Crippen LogP contribution in [0.25, 0.3) is 22.4 Å². The number of β-amino-alcohol motifs (C(OH)–C–C–N with tert-alkyl or cyclic N) is 1. The van der Waals surface area contributed by atoms with Crippen molar-refractivity contribution in [1.29, 1.82) is 5.26 Å². The predicted octanol–water partition coefficient (Wildman–Crippen LogP) is 6.15. The maximum atomic E-state index is 13.6. The normalized spacial score (nSPS) is 15.9. The van der Waals surface area contributed by atoms with Crippen LogP contribution in [0.1, 0.15) is 58.8 Å². The number of likely N-dealkylation sites (tertiary alicyclic amines) is 1. The zero-order valence-electron chi connectivity index (χ0n) is 26.7. The summed E-state index contributed by atoms with van der Waals surface area (Å²) in [4.78, 5) is 32.0. The van der Waals surface area contributed by atoms with Crippen LogP contribution in [0.15, 0.2) is 48.7 Å². The number of halogens is 2. The van der Waals surface area contributed by atoms with E-state index in [9.17, 15) is 15.2 Å². The Balaban J connectivity index is 1.26. The average molecular weight is 672 g/mol. The van der Waals surface area contributed by atoms with Crippen molar-refractivity contribution < 1.29 is 14.6 Å². The molecule has 0 radical (unpaired) electrons. The summed E-state index contributed by atoms with van der Waals surface area (Å²) >= 11 is 14.0. The molecule has 0 atom stereocenters. The lowest BCUT2D eigenvalue weighted by Gasteiger charge is -2.44. The number of ether oxygens (including phenoxy) is 1. The molecule has 2 aromatic carbocycles. The summed E-state index contributed by atoms with van der Waals surface area (Å²) in [5.74, 6) is 0.183. The molecule has 6 rings (SSSR count). The summed E-state index contributed by atoms with van der Waals surface area (Å²) in [5, 5.41) is 20.8. The topological polar surface area (TPSA) is 115 Å². The highest BCUT2D eigenvalue weighted by molar-refractivity contribution is 6.38. The Bertz CT molecular complexity index is 1880. The number of carbonyl (C=O) groups excluding carboxylic acids is 1. The molecule has 2 aromatic heterocycles. The standard InChI is InChI=1S/C36H36Cl2N6O3/c1-4-12-43-13-11-24-23(16-39)14-28(41-30(24)18-43)32(45)15-22-7-5-8-25(33(22)37)26-9-6-10-27(34(26)38)29-17-40-31(35(42-29)47-3)19-44-20-36(2,46)21-44/h5-10,14,17,46H,4,11-13,15,18-21H2,1-3H3.